The second kappa shape index (κ2) is 6.00. The van der Waals surface area contributed by atoms with Gasteiger partial charge in [-0.1, -0.05) is 43.7 Å². The fourth-order valence-electron chi connectivity index (χ4n) is 2.73. The summed E-state index contributed by atoms with van der Waals surface area (Å²) in [6.45, 7) is 7.61. The van der Waals surface area contributed by atoms with Crippen LogP contribution >= 0.6 is 22.9 Å². The highest BCUT2D eigenvalue weighted by Gasteiger charge is 2.28. The number of anilines is 1. The summed E-state index contributed by atoms with van der Waals surface area (Å²) >= 11 is 7.71. The minimum atomic E-state index is -0.103. The van der Waals surface area contributed by atoms with E-state index in [4.69, 9.17) is 21.3 Å². The highest BCUT2D eigenvalue weighted by molar-refractivity contribution is 7.18. The summed E-state index contributed by atoms with van der Waals surface area (Å²) in [6, 6.07) is 5.71. The molecule has 0 radical (unpaired) electrons. The van der Waals surface area contributed by atoms with Crippen molar-refractivity contribution in [3.8, 4) is 10.8 Å². The Bertz CT molecular complexity index is 900. The van der Waals surface area contributed by atoms with E-state index >= 15 is 0 Å². The van der Waals surface area contributed by atoms with Gasteiger partial charge in [0.15, 0.2) is 11.9 Å². The minimum absolute atomic E-state index is 0.103. The molecule has 6 nitrogen and oxygen atoms in total. The molecule has 1 aliphatic rings. The van der Waals surface area contributed by atoms with Crippen molar-refractivity contribution in [2.45, 2.75) is 32.7 Å². The minimum Gasteiger partial charge on any atom is -0.473 e. The molecule has 25 heavy (non-hydrogen) atoms. The van der Waals surface area contributed by atoms with Gasteiger partial charge in [0.25, 0.3) is 0 Å². The summed E-state index contributed by atoms with van der Waals surface area (Å²) in [5, 5.41) is 6.87. The van der Waals surface area contributed by atoms with Gasteiger partial charge in [-0.05, 0) is 18.2 Å². The summed E-state index contributed by atoms with van der Waals surface area (Å²) in [4.78, 5) is 11.1. The summed E-state index contributed by atoms with van der Waals surface area (Å²) in [7, 11) is 0. The predicted molar refractivity (Wildman–Crippen MR) is 98.9 cm³/mol. The van der Waals surface area contributed by atoms with Crippen LogP contribution in [0.2, 0.25) is 5.02 Å². The molecule has 8 heteroatoms. The molecule has 0 saturated heterocycles. The Balaban J connectivity index is 1.72. The third kappa shape index (κ3) is 3.09. The van der Waals surface area contributed by atoms with Gasteiger partial charge in [-0.2, -0.15) is 5.10 Å². The third-order valence-corrected chi connectivity index (χ3v) is 5.31. The van der Waals surface area contributed by atoms with Crippen LogP contribution in [-0.2, 0) is 12.0 Å². The van der Waals surface area contributed by atoms with Crippen molar-refractivity contribution in [2.24, 2.45) is 0 Å². The van der Waals surface area contributed by atoms with E-state index in [1.807, 2.05) is 18.2 Å². The number of aromatic nitrogens is 4. The number of nitrogens with zero attached hydrogens (tertiary/aromatic N) is 5. The number of fused-ring (bicyclic) bond motifs is 1. The number of benzene rings is 1. The van der Waals surface area contributed by atoms with Gasteiger partial charge in [0.05, 0.1) is 12.2 Å². The first-order chi connectivity index (χ1) is 11.9. The van der Waals surface area contributed by atoms with E-state index in [9.17, 15) is 0 Å². The van der Waals surface area contributed by atoms with Crippen molar-refractivity contribution >= 4 is 28.1 Å². The maximum Gasteiger partial charge on any atom is 0.190 e. The van der Waals surface area contributed by atoms with Crippen LogP contribution in [0.5, 0.6) is 5.75 Å². The molecule has 0 N–H and O–H groups in total. The van der Waals surface area contributed by atoms with Gasteiger partial charge in [0.1, 0.15) is 23.4 Å². The highest BCUT2D eigenvalue weighted by atomic mass is 35.5. The normalized spacial score (nSPS) is 14.3. The smallest absolute Gasteiger partial charge is 0.190 e. The molecule has 0 amide bonds. The van der Waals surface area contributed by atoms with Crippen molar-refractivity contribution in [3.63, 3.8) is 0 Å². The van der Waals surface area contributed by atoms with Gasteiger partial charge in [-0.15, -0.1) is 0 Å². The lowest BCUT2D eigenvalue weighted by atomic mass is 9.92. The molecule has 0 aliphatic carbocycles. The molecule has 0 saturated carbocycles. The van der Waals surface area contributed by atoms with Gasteiger partial charge < -0.3 is 9.64 Å². The van der Waals surface area contributed by atoms with E-state index in [2.05, 4.69) is 35.8 Å². The van der Waals surface area contributed by atoms with Crippen molar-refractivity contribution in [3.05, 3.63) is 47.1 Å². The fourth-order valence-corrected chi connectivity index (χ4v) is 4.11. The second-order valence-electron chi connectivity index (χ2n) is 6.96. The van der Waals surface area contributed by atoms with Crippen LogP contribution in [0, 0.1) is 0 Å². The molecule has 0 fully saturated rings. The molecule has 0 bridgehead atoms. The zero-order valence-electron chi connectivity index (χ0n) is 14.2. The van der Waals surface area contributed by atoms with Crippen molar-refractivity contribution in [2.75, 3.05) is 11.6 Å². The fraction of sp³-hybridized carbons (Fsp3) is 0.353. The zero-order valence-corrected chi connectivity index (χ0v) is 15.8. The Hall–Kier alpha value is -2.12. The summed E-state index contributed by atoms with van der Waals surface area (Å²) in [5.41, 5.74) is 1.96. The highest BCUT2D eigenvalue weighted by Crippen LogP contribution is 2.38. The molecule has 3 heterocycles. The van der Waals surface area contributed by atoms with Gasteiger partial charge in [-0.3, -0.25) is 0 Å². The van der Waals surface area contributed by atoms with Gasteiger partial charge in [0.2, 0.25) is 0 Å². The van der Waals surface area contributed by atoms with E-state index in [0.717, 1.165) is 27.1 Å². The molecule has 0 spiro atoms. The van der Waals surface area contributed by atoms with Gasteiger partial charge in [0, 0.05) is 16.0 Å². The number of thiazole rings is 1. The Kier molecular flexibility index (Phi) is 3.92. The topological polar surface area (TPSA) is 56.1 Å². The molecular formula is C17H18ClN5OS. The predicted octanol–water partition coefficient (Wildman–Crippen LogP) is 4.03. The van der Waals surface area contributed by atoms with Crippen LogP contribution in [0.3, 0.4) is 0 Å². The number of halogens is 1. The zero-order chi connectivity index (χ0) is 17.6. The number of rotatable bonds is 2. The van der Waals surface area contributed by atoms with Gasteiger partial charge in [-0.25, -0.2) is 14.6 Å². The van der Waals surface area contributed by atoms with E-state index in [0.29, 0.717) is 18.3 Å². The quantitative estimate of drug-likeness (QED) is 0.676. The average molecular weight is 376 g/mol. The van der Waals surface area contributed by atoms with Crippen molar-refractivity contribution < 1.29 is 4.74 Å². The Morgan fingerprint density at radius 2 is 2.12 bits per heavy atom. The first-order valence-corrected chi connectivity index (χ1v) is 9.14. The third-order valence-electron chi connectivity index (χ3n) is 3.97. The monoisotopic (exact) mass is 375 g/mol. The first kappa shape index (κ1) is 16.4. The molecule has 1 aliphatic heterocycles. The SMILES string of the molecule is CC(C)(C)c1nc(N2COc3ccc(Cl)cc3C2)sc1-n1cncn1. The van der Waals surface area contributed by atoms with Crippen LogP contribution in [0.4, 0.5) is 5.13 Å². The summed E-state index contributed by atoms with van der Waals surface area (Å²) in [5.74, 6) is 0.879. The standard InChI is InChI=1S/C17H18ClN5OS/c1-17(2,3)14-15(23-9-19-8-20-23)25-16(21-14)22-7-11-6-12(18)4-5-13(11)24-10-22/h4-6,8-9H,7,10H2,1-3H3. The maximum absolute atomic E-state index is 6.12. The Morgan fingerprint density at radius 3 is 2.84 bits per heavy atom. The lowest BCUT2D eigenvalue weighted by Gasteiger charge is -2.28. The van der Waals surface area contributed by atoms with Crippen LogP contribution in [0.25, 0.3) is 5.00 Å². The first-order valence-electron chi connectivity index (χ1n) is 7.94. The second-order valence-corrected chi connectivity index (χ2v) is 8.36. The molecule has 0 atom stereocenters. The van der Waals surface area contributed by atoms with E-state index < -0.39 is 0 Å². The van der Waals surface area contributed by atoms with E-state index in [1.165, 1.54) is 6.33 Å². The average Bonchev–Trinajstić information content (AvgIpc) is 3.22. The van der Waals surface area contributed by atoms with Crippen molar-refractivity contribution in [1.82, 2.24) is 19.7 Å². The molecular weight excluding hydrogens is 358 g/mol. The van der Waals surface area contributed by atoms with Crippen LogP contribution in [-0.4, -0.2) is 26.5 Å². The summed E-state index contributed by atoms with van der Waals surface area (Å²) < 4.78 is 7.65. The van der Waals surface area contributed by atoms with Crippen molar-refractivity contribution in [1.29, 1.82) is 0 Å². The molecule has 130 valence electrons. The molecule has 2 aromatic heterocycles. The summed E-state index contributed by atoms with van der Waals surface area (Å²) in [6.07, 6.45) is 3.24. The van der Waals surface area contributed by atoms with Crippen LogP contribution < -0.4 is 9.64 Å². The number of hydrogen-bond donors (Lipinski definition) is 0. The molecule has 1 aromatic carbocycles. The Labute approximate surface area is 155 Å². The maximum atomic E-state index is 6.12. The molecule has 3 aromatic rings. The lowest BCUT2D eigenvalue weighted by Crippen LogP contribution is -2.31. The largest absolute Gasteiger partial charge is 0.473 e. The molecule has 0 unspecified atom stereocenters. The number of ether oxygens (including phenoxy) is 1. The van der Waals surface area contributed by atoms with E-state index in [1.54, 1.807) is 22.3 Å². The molecule has 4 rings (SSSR count). The lowest BCUT2D eigenvalue weighted by molar-refractivity contribution is 0.289. The number of hydrogen-bond acceptors (Lipinski definition) is 6. The van der Waals surface area contributed by atoms with E-state index in [-0.39, 0.29) is 5.41 Å². The van der Waals surface area contributed by atoms with Crippen LogP contribution in [0.15, 0.2) is 30.9 Å². The van der Waals surface area contributed by atoms with Gasteiger partial charge >= 0.3 is 0 Å². The Morgan fingerprint density at radius 1 is 1.28 bits per heavy atom. The van der Waals surface area contributed by atoms with Crippen LogP contribution in [0.1, 0.15) is 32.0 Å².